The zero-order chi connectivity index (χ0) is 23.6. The van der Waals surface area contributed by atoms with Crippen LogP contribution in [0.15, 0.2) is 46.2 Å². The fraction of sp³-hybridized carbons (Fsp3) is 0.100. The second-order valence-electron chi connectivity index (χ2n) is 6.95. The van der Waals surface area contributed by atoms with Gasteiger partial charge in [0.25, 0.3) is 20.2 Å². The van der Waals surface area contributed by atoms with E-state index in [1.165, 1.54) is 30.3 Å². The van der Waals surface area contributed by atoms with Crippen LogP contribution >= 0.6 is 0 Å². The summed E-state index contributed by atoms with van der Waals surface area (Å²) in [6, 6.07) is 7.41. The minimum Gasteiger partial charge on any atom is -1.00 e. The van der Waals surface area contributed by atoms with Crippen molar-refractivity contribution in [2.24, 2.45) is 0 Å². The number of carbonyl (C=O) groups is 2. The van der Waals surface area contributed by atoms with E-state index in [1.807, 2.05) is 0 Å². The number of hydrogen-bond donors (Lipinski definition) is 2. The van der Waals surface area contributed by atoms with E-state index in [1.54, 1.807) is 0 Å². The molecule has 0 amide bonds. The van der Waals surface area contributed by atoms with Crippen LogP contribution in [0.25, 0.3) is 32.3 Å². The maximum absolute atomic E-state index is 12.0. The van der Waals surface area contributed by atoms with Gasteiger partial charge in [0.15, 0.2) is 0 Å². The molecular formula is C20H15NaO10S2. The Labute approximate surface area is 211 Å². The summed E-state index contributed by atoms with van der Waals surface area (Å²) in [7, 11) is -9.83. The summed E-state index contributed by atoms with van der Waals surface area (Å²) in [6.07, 6.45) is 0. The van der Waals surface area contributed by atoms with Crippen molar-refractivity contribution in [1.29, 1.82) is 0 Å². The van der Waals surface area contributed by atoms with Gasteiger partial charge in [0.05, 0.1) is 0 Å². The van der Waals surface area contributed by atoms with Crippen molar-refractivity contribution in [2.45, 2.75) is 23.6 Å². The summed E-state index contributed by atoms with van der Waals surface area (Å²) in [4.78, 5) is 21.7. The molecule has 33 heavy (non-hydrogen) atoms. The van der Waals surface area contributed by atoms with Crippen molar-refractivity contribution >= 4 is 64.5 Å². The van der Waals surface area contributed by atoms with E-state index in [0.717, 1.165) is 13.8 Å². The van der Waals surface area contributed by atoms with E-state index in [2.05, 4.69) is 0 Å². The van der Waals surface area contributed by atoms with Crippen LogP contribution in [0.1, 0.15) is 15.3 Å². The molecule has 4 aromatic rings. The molecule has 0 unspecified atom stereocenters. The number of rotatable bonds is 4. The van der Waals surface area contributed by atoms with Gasteiger partial charge in [0, 0.05) is 52.2 Å². The molecule has 0 fully saturated rings. The Morgan fingerprint density at radius 2 is 1.03 bits per heavy atom. The Bertz CT molecular complexity index is 1560. The molecule has 0 aliphatic carbocycles. The van der Waals surface area contributed by atoms with Gasteiger partial charge in [-0.1, -0.05) is 12.1 Å². The van der Waals surface area contributed by atoms with Crippen molar-refractivity contribution in [3.8, 4) is 11.5 Å². The van der Waals surface area contributed by atoms with E-state index < -0.39 is 42.0 Å². The molecule has 10 nitrogen and oxygen atoms in total. The average Bonchev–Trinajstić information content (AvgIpc) is 2.64. The number of benzene rings is 4. The number of hydrogen-bond acceptors (Lipinski definition) is 8. The molecule has 0 bridgehead atoms. The molecule has 0 aliphatic heterocycles. The maximum atomic E-state index is 12.0. The van der Waals surface area contributed by atoms with Crippen LogP contribution in [0, 0.1) is 0 Å². The van der Waals surface area contributed by atoms with Gasteiger partial charge < -0.3 is 10.9 Å². The first-order valence-corrected chi connectivity index (χ1v) is 11.8. The molecule has 0 atom stereocenters. The minimum absolute atomic E-state index is 0. The summed E-state index contributed by atoms with van der Waals surface area (Å²) in [6.45, 7) is 2.30. The summed E-state index contributed by atoms with van der Waals surface area (Å²) >= 11 is 0. The van der Waals surface area contributed by atoms with E-state index in [9.17, 15) is 35.5 Å². The smallest absolute Gasteiger partial charge is 1.00 e. The van der Waals surface area contributed by atoms with Crippen LogP contribution in [0.2, 0.25) is 0 Å². The van der Waals surface area contributed by atoms with Crippen LogP contribution in [0.3, 0.4) is 0 Å². The second-order valence-corrected chi connectivity index (χ2v) is 9.73. The molecule has 0 saturated heterocycles. The van der Waals surface area contributed by atoms with Crippen LogP contribution < -0.4 is 39.0 Å². The molecule has 168 valence electrons. The first-order chi connectivity index (χ1) is 14.8. The van der Waals surface area contributed by atoms with E-state index in [0.29, 0.717) is 6.07 Å². The van der Waals surface area contributed by atoms with E-state index in [4.69, 9.17) is 9.47 Å². The first kappa shape index (κ1) is 25.3. The zero-order valence-electron chi connectivity index (χ0n) is 18.4. The van der Waals surface area contributed by atoms with Gasteiger partial charge in [-0.15, -0.1) is 0 Å². The molecule has 4 rings (SSSR count). The van der Waals surface area contributed by atoms with Crippen LogP contribution in [-0.4, -0.2) is 37.9 Å². The molecule has 0 spiro atoms. The van der Waals surface area contributed by atoms with Gasteiger partial charge in [-0.05, 0) is 18.2 Å². The summed E-state index contributed by atoms with van der Waals surface area (Å²) in [5.41, 5.74) is 0. The summed E-state index contributed by atoms with van der Waals surface area (Å²) in [5.74, 6) is -1.43. The van der Waals surface area contributed by atoms with Crippen molar-refractivity contribution in [3.63, 3.8) is 0 Å². The van der Waals surface area contributed by atoms with Crippen molar-refractivity contribution in [1.82, 2.24) is 0 Å². The largest absolute Gasteiger partial charge is 1.00 e. The van der Waals surface area contributed by atoms with Gasteiger partial charge in [0.1, 0.15) is 21.3 Å². The summed E-state index contributed by atoms with van der Waals surface area (Å²) < 4.78 is 78.0. The minimum atomic E-state index is -4.91. The number of carbonyl (C=O) groups excluding carboxylic acids is 2. The maximum Gasteiger partial charge on any atom is 1.00 e. The fourth-order valence-corrected chi connectivity index (χ4v) is 5.28. The Kier molecular flexibility index (Phi) is 6.50. The number of ether oxygens (including phenoxy) is 2. The van der Waals surface area contributed by atoms with Crippen molar-refractivity contribution in [2.75, 3.05) is 0 Å². The molecule has 0 aliphatic rings. The third-order valence-corrected chi connectivity index (χ3v) is 6.60. The van der Waals surface area contributed by atoms with Crippen LogP contribution in [-0.2, 0) is 29.8 Å². The SMILES string of the molecule is CC(=O)Oc1cc(OC(C)=O)c2ccc3c(S(=O)(=O)O)cc(S(=O)(=O)O)c4ccc1c2c43.[H-].[Na+]. The van der Waals surface area contributed by atoms with Gasteiger partial charge >= 0.3 is 41.5 Å². The summed E-state index contributed by atoms with van der Waals surface area (Å²) in [5, 5.41) is 0.676. The number of esters is 2. The Balaban J connectivity index is 0.00000204. The van der Waals surface area contributed by atoms with Gasteiger partial charge in [0.2, 0.25) is 0 Å². The second kappa shape index (κ2) is 8.47. The molecule has 0 heterocycles. The quantitative estimate of drug-likeness (QED) is 0.128. The van der Waals surface area contributed by atoms with Crippen LogP contribution in [0.4, 0.5) is 0 Å². The molecule has 0 aromatic heterocycles. The van der Waals surface area contributed by atoms with Gasteiger partial charge in [-0.25, -0.2) is 0 Å². The van der Waals surface area contributed by atoms with Crippen LogP contribution in [0.5, 0.6) is 11.5 Å². The fourth-order valence-electron chi connectivity index (χ4n) is 3.77. The predicted molar refractivity (Wildman–Crippen MR) is 114 cm³/mol. The molecular weight excluding hydrogens is 487 g/mol. The van der Waals surface area contributed by atoms with Gasteiger partial charge in [-0.2, -0.15) is 16.8 Å². The third-order valence-electron chi connectivity index (χ3n) is 4.81. The first-order valence-electron chi connectivity index (χ1n) is 8.89. The molecule has 13 heteroatoms. The Morgan fingerprint density at radius 1 is 0.697 bits per heavy atom. The standard InChI is InChI=1S/C20H14O10S2.Na.H/c1-9(21)29-15-7-16(30-10(2)22)12-4-6-14-18(32(26,27)28)8-17(31(23,24)25)13-5-3-11(15)19(12)20(13)14;;/h3-8H,1-2H3,(H,23,24,25)(H,26,27,28);;/q;+1;-1. The normalized spacial score (nSPS) is 12.1. The topological polar surface area (TPSA) is 161 Å². The zero-order valence-corrected chi connectivity index (χ0v) is 21.1. The average molecular weight is 502 g/mol. The third kappa shape index (κ3) is 4.43. The van der Waals surface area contributed by atoms with Crippen molar-refractivity contribution in [3.05, 3.63) is 36.4 Å². The van der Waals surface area contributed by atoms with E-state index in [-0.39, 0.29) is 74.8 Å². The van der Waals surface area contributed by atoms with Crippen molar-refractivity contribution < 1.29 is 76.0 Å². The molecule has 0 radical (unpaired) electrons. The molecule has 4 aromatic carbocycles. The Morgan fingerprint density at radius 3 is 1.36 bits per heavy atom. The monoisotopic (exact) mass is 502 g/mol. The van der Waals surface area contributed by atoms with E-state index >= 15 is 0 Å². The molecule has 0 saturated carbocycles. The Hall–Kier alpha value is -2.32. The predicted octanol–water partition coefficient (Wildman–Crippen LogP) is 0.0445. The van der Waals surface area contributed by atoms with Gasteiger partial charge in [-0.3, -0.25) is 18.7 Å². The molecule has 2 N–H and O–H groups in total.